The molecule has 0 heterocycles. The van der Waals surface area contributed by atoms with E-state index in [2.05, 4.69) is 228 Å². The van der Waals surface area contributed by atoms with Gasteiger partial charge in [-0.15, -0.1) is 0 Å². The van der Waals surface area contributed by atoms with Crippen molar-refractivity contribution in [1.29, 1.82) is 0 Å². The van der Waals surface area contributed by atoms with Gasteiger partial charge in [0.15, 0.2) is 0 Å². The van der Waals surface area contributed by atoms with E-state index in [1.165, 1.54) is 21.9 Å². The van der Waals surface area contributed by atoms with E-state index in [1.54, 1.807) is 0 Å². The van der Waals surface area contributed by atoms with E-state index < -0.39 is 0 Å². The smallest absolute Gasteiger partial charge is 0.0468 e. The van der Waals surface area contributed by atoms with Crippen LogP contribution in [0.1, 0.15) is 11.1 Å². The van der Waals surface area contributed by atoms with Gasteiger partial charge in [-0.2, -0.15) is 0 Å². The standard InChI is InChI=1S/C48H36N2/c1-4-14-43(15-5-1)49(44-16-6-2-7-17-44)47-33-28-41(29-34-47)40-26-22-37(23-27-40)20-21-38-24-31-46(32-25-38)50(45-18-8-3-9-19-45)48-35-30-39-12-10-11-13-42(39)36-48/h1-36H. The first-order valence-electron chi connectivity index (χ1n) is 17.0. The van der Waals surface area contributed by atoms with Crippen LogP contribution in [0.4, 0.5) is 34.1 Å². The summed E-state index contributed by atoms with van der Waals surface area (Å²) in [5, 5.41) is 2.47. The fraction of sp³-hybridized carbons (Fsp3) is 0. The normalized spacial score (nSPS) is 11.1. The predicted molar refractivity (Wildman–Crippen MR) is 214 cm³/mol. The molecule has 0 aliphatic heterocycles. The molecule has 238 valence electrons. The van der Waals surface area contributed by atoms with Crippen molar-refractivity contribution in [2.24, 2.45) is 0 Å². The first kappa shape index (κ1) is 30.7. The Kier molecular flexibility index (Phi) is 8.73. The molecular weight excluding hydrogens is 605 g/mol. The van der Waals surface area contributed by atoms with Crippen LogP contribution < -0.4 is 9.80 Å². The van der Waals surface area contributed by atoms with E-state index >= 15 is 0 Å². The molecule has 0 fully saturated rings. The quantitative estimate of drug-likeness (QED) is 0.145. The van der Waals surface area contributed by atoms with Gasteiger partial charge in [-0.3, -0.25) is 0 Å². The van der Waals surface area contributed by atoms with Crippen LogP contribution in [0, 0.1) is 0 Å². The highest BCUT2D eigenvalue weighted by Gasteiger charge is 2.14. The summed E-state index contributed by atoms with van der Waals surface area (Å²) in [6.07, 6.45) is 4.36. The van der Waals surface area contributed by atoms with Crippen molar-refractivity contribution in [3.8, 4) is 11.1 Å². The molecule has 0 saturated heterocycles. The van der Waals surface area contributed by atoms with E-state index in [0.29, 0.717) is 0 Å². The van der Waals surface area contributed by atoms with Gasteiger partial charge in [0.25, 0.3) is 0 Å². The molecule has 0 bridgehead atoms. The maximum absolute atomic E-state index is 2.31. The number of hydrogen-bond donors (Lipinski definition) is 0. The molecule has 2 heteroatoms. The Labute approximate surface area is 294 Å². The van der Waals surface area contributed by atoms with Crippen molar-refractivity contribution in [3.05, 3.63) is 217 Å². The summed E-state index contributed by atoms with van der Waals surface area (Å²) in [5.74, 6) is 0. The Morgan fingerprint density at radius 2 is 0.600 bits per heavy atom. The average Bonchev–Trinajstić information content (AvgIpc) is 3.19. The largest absolute Gasteiger partial charge is 0.311 e. The molecule has 50 heavy (non-hydrogen) atoms. The van der Waals surface area contributed by atoms with Crippen molar-refractivity contribution in [1.82, 2.24) is 0 Å². The van der Waals surface area contributed by atoms with E-state index in [0.717, 1.165) is 45.3 Å². The predicted octanol–water partition coefficient (Wildman–Crippen LogP) is 13.6. The third kappa shape index (κ3) is 6.69. The summed E-state index contributed by atoms with van der Waals surface area (Å²) >= 11 is 0. The monoisotopic (exact) mass is 640 g/mol. The Morgan fingerprint density at radius 3 is 1.10 bits per heavy atom. The topological polar surface area (TPSA) is 6.48 Å². The lowest BCUT2D eigenvalue weighted by Gasteiger charge is -2.26. The molecule has 8 aromatic carbocycles. The third-order valence-electron chi connectivity index (χ3n) is 9.02. The highest BCUT2D eigenvalue weighted by Crippen LogP contribution is 2.37. The van der Waals surface area contributed by atoms with Crippen molar-refractivity contribution in [3.63, 3.8) is 0 Å². The van der Waals surface area contributed by atoms with Crippen LogP contribution in [0.15, 0.2) is 206 Å². The molecule has 8 rings (SSSR count). The van der Waals surface area contributed by atoms with Gasteiger partial charge in [-0.25, -0.2) is 0 Å². The van der Waals surface area contributed by atoms with Gasteiger partial charge in [0.05, 0.1) is 0 Å². The second kappa shape index (κ2) is 14.2. The van der Waals surface area contributed by atoms with E-state index in [1.807, 2.05) is 0 Å². The van der Waals surface area contributed by atoms with Crippen LogP contribution in [0.2, 0.25) is 0 Å². The van der Waals surface area contributed by atoms with Gasteiger partial charge >= 0.3 is 0 Å². The fourth-order valence-electron chi connectivity index (χ4n) is 6.46. The van der Waals surface area contributed by atoms with Gasteiger partial charge in [-0.1, -0.05) is 146 Å². The fourth-order valence-corrected chi connectivity index (χ4v) is 6.46. The number of hydrogen-bond acceptors (Lipinski definition) is 2. The Morgan fingerprint density at radius 1 is 0.260 bits per heavy atom. The molecule has 0 aliphatic carbocycles. The lowest BCUT2D eigenvalue weighted by Crippen LogP contribution is -2.09. The molecule has 0 saturated carbocycles. The molecule has 8 aromatic rings. The Hall–Kier alpha value is -6.64. The zero-order chi connectivity index (χ0) is 33.5. The lowest BCUT2D eigenvalue weighted by atomic mass is 10.0. The van der Waals surface area contributed by atoms with Crippen molar-refractivity contribution < 1.29 is 0 Å². The second-order valence-corrected chi connectivity index (χ2v) is 12.3. The highest BCUT2D eigenvalue weighted by molar-refractivity contribution is 5.89. The van der Waals surface area contributed by atoms with E-state index in [4.69, 9.17) is 0 Å². The second-order valence-electron chi connectivity index (χ2n) is 12.3. The number of nitrogens with zero attached hydrogens (tertiary/aromatic N) is 2. The van der Waals surface area contributed by atoms with Crippen molar-refractivity contribution in [2.75, 3.05) is 9.80 Å². The molecule has 0 amide bonds. The molecule has 2 nitrogen and oxygen atoms in total. The highest BCUT2D eigenvalue weighted by atomic mass is 15.1. The van der Waals surface area contributed by atoms with Gasteiger partial charge in [0, 0.05) is 34.1 Å². The molecule has 0 spiro atoms. The van der Waals surface area contributed by atoms with Crippen LogP contribution in [-0.2, 0) is 0 Å². The molecule has 0 aliphatic rings. The number of benzene rings is 8. The lowest BCUT2D eigenvalue weighted by molar-refractivity contribution is 1.28. The minimum atomic E-state index is 1.12. The maximum atomic E-state index is 2.31. The molecule has 0 N–H and O–H groups in total. The number of para-hydroxylation sites is 3. The van der Waals surface area contributed by atoms with E-state index in [9.17, 15) is 0 Å². The van der Waals surface area contributed by atoms with Gasteiger partial charge < -0.3 is 9.80 Å². The van der Waals surface area contributed by atoms with Gasteiger partial charge in [0.2, 0.25) is 0 Å². The van der Waals surface area contributed by atoms with Crippen LogP contribution in [0.5, 0.6) is 0 Å². The summed E-state index contributed by atoms with van der Waals surface area (Å²) in [4.78, 5) is 4.60. The van der Waals surface area contributed by atoms with Crippen LogP contribution in [0.3, 0.4) is 0 Å². The summed E-state index contributed by atoms with van der Waals surface area (Å²) in [5.41, 5.74) is 11.5. The number of fused-ring (bicyclic) bond motifs is 1. The van der Waals surface area contributed by atoms with Crippen LogP contribution in [0.25, 0.3) is 34.1 Å². The van der Waals surface area contributed by atoms with Crippen molar-refractivity contribution in [2.45, 2.75) is 0 Å². The van der Waals surface area contributed by atoms with Crippen molar-refractivity contribution >= 4 is 57.0 Å². The first-order valence-corrected chi connectivity index (χ1v) is 17.0. The zero-order valence-corrected chi connectivity index (χ0v) is 27.7. The minimum Gasteiger partial charge on any atom is -0.311 e. The first-order chi connectivity index (χ1) is 24.8. The van der Waals surface area contributed by atoms with E-state index in [-0.39, 0.29) is 0 Å². The summed E-state index contributed by atoms with van der Waals surface area (Å²) in [7, 11) is 0. The Balaban J connectivity index is 0.990. The molecule has 0 atom stereocenters. The third-order valence-corrected chi connectivity index (χ3v) is 9.02. The number of anilines is 6. The molecular formula is C48H36N2. The minimum absolute atomic E-state index is 1.12. The summed E-state index contributed by atoms with van der Waals surface area (Å²) in [6, 6.07) is 73.1. The van der Waals surface area contributed by atoms with Gasteiger partial charge in [0.1, 0.15) is 0 Å². The molecule has 0 unspecified atom stereocenters. The Bertz CT molecular complexity index is 2290. The SMILES string of the molecule is C(=Cc1ccc(N(c2ccccc2)c2ccc3ccccc3c2)cc1)c1ccc(-c2ccc(N(c3ccccc3)c3ccccc3)cc2)cc1. The van der Waals surface area contributed by atoms with Crippen LogP contribution in [-0.4, -0.2) is 0 Å². The molecule has 0 aromatic heterocycles. The maximum Gasteiger partial charge on any atom is 0.0468 e. The zero-order valence-electron chi connectivity index (χ0n) is 27.7. The summed E-state index contributed by atoms with van der Waals surface area (Å²) in [6.45, 7) is 0. The average molecular weight is 641 g/mol. The number of rotatable bonds is 9. The summed E-state index contributed by atoms with van der Waals surface area (Å²) < 4.78 is 0. The van der Waals surface area contributed by atoms with Gasteiger partial charge in [-0.05, 0) is 106 Å². The van der Waals surface area contributed by atoms with Crippen LogP contribution >= 0.6 is 0 Å². The molecule has 0 radical (unpaired) electrons.